The molecule has 1 aliphatic rings. The third-order valence-electron chi connectivity index (χ3n) is 3.85. The first kappa shape index (κ1) is 16.7. The summed E-state index contributed by atoms with van der Waals surface area (Å²) in [5.41, 5.74) is 0.786. The van der Waals surface area contributed by atoms with Crippen LogP contribution in [-0.4, -0.2) is 35.2 Å². The number of carbonyl (C=O) groups is 3. The standard InChI is InChI=1S/C16H19BrN2O3/c1-3-11(4-2)18-14(20)7-8-19-15(21)12-6-5-10(17)9-13(12)16(19)22/h5-6,9,11H,3-4,7-8H2,1-2H3,(H,18,20). The van der Waals surface area contributed by atoms with Crippen LogP contribution in [0.4, 0.5) is 0 Å². The van der Waals surface area contributed by atoms with Crippen LogP contribution in [0.1, 0.15) is 53.8 Å². The van der Waals surface area contributed by atoms with E-state index in [-0.39, 0.29) is 36.7 Å². The van der Waals surface area contributed by atoms with E-state index in [9.17, 15) is 14.4 Å². The van der Waals surface area contributed by atoms with Gasteiger partial charge in [0.15, 0.2) is 0 Å². The second-order valence-corrected chi connectivity index (χ2v) is 6.20. The van der Waals surface area contributed by atoms with Gasteiger partial charge < -0.3 is 5.32 Å². The zero-order valence-electron chi connectivity index (χ0n) is 12.7. The quantitative estimate of drug-likeness (QED) is 0.787. The summed E-state index contributed by atoms with van der Waals surface area (Å²) in [6.45, 7) is 4.13. The lowest BCUT2D eigenvalue weighted by Gasteiger charge is -2.17. The Bertz CT molecular complexity index is 611. The molecule has 0 atom stereocenters. The fourth-order valence-electron chi connectivity index (χ4n) is 2.47. The summed E-state index contributed by atoms with van der Waals surface area (Å²) in [6, 6.07) is 5.14. The average molecular weight is 367 g/mol. The van der Waals surface area contributed by atoms with Gasteiger partial charge in [0.05, 0.1) is 11.1 Å². The fraction of sp³-hybridized carbons (Fsp3) is 0.438. The van der Waals surface area contributed by atoms with Crippen molar-refractivity contribution >= 4 is 33.7 Å². The van der Waals surface area contributed by atoms with Crippen LogP contribution in [-0.2, 0) is 4.79 Å². The summed E-state index contributed by atoms with van der Waals surface area (Å²) < 4.78 is 0.751. The zero-order chi connectivity index (χ0) is 16.3. The van der Waals surface area contributed by atoms with Crippen LogP contribution in [0.3, 0.4) is 0 Å². The molecule has 22 heavy (non-hydrogen) atoms. The minimum absolute atomic E-state index is 0.107. The second kappa shape index (κ2) is 7.05. The molecular weight excluding hydrogens is 348 g/mol. The van der Waals surface area contributed by atoms with Gasteiger partial charge in [-0.3, -0.25) is 19.3 Å². The molecule has 1 N–H and O–H groups in total. The molecule has 1 aliphatic heterocycles. The Morgan fingerprint density at radius 3 is 2.45 bits per heavy atom. The van der Waals surface area contributed by atoms with Crippen LogP contribution >= 0.6 is 15.9 Å². The number of imide groups is 1. The first-order valence-electron chi connectivity index (χ1n) is 7.43. The number of amides is 3. The van der Waals surface area contributed by atoms with E-state index < -0.39 is 0 Å². The Morgan fingerprint density at radius 2 is 1.82 bits per heavy atom. The minimum atomic E-state index is -0.336. The van der Waals surface area contributed by atoms with E-state index >= 15 is 0 Å². The van der Waals surface area contributed by atoms with E-state index in [1.165, 1.54) is 0 Å². The molecule has 0 radical (unpaired) electrons. The molecule has 1 aromatic carbocycles. The van der Waals surface area contributed by atoms with Crippen molar-refractivity contribution < 1.29 is 14.4 Å². The lowest BCUT2D eigenvalue weighted by Crippen LogP contribution is -2.38. The predicted octanol–water partition coefficient (Wildman–Crippen LogP) is 2.74. The summed E-state index contributed by atoms with van der Waals surface area (Å²) in [5.74, 6) is -0.800. The number of halogens is 1. The van der Waals surface area contributed by atoms with Gasteiger partial charge in [-0.15, -0.1) is 0 Å². The smallest absolute Gasteiger partial charge is 0.261 e. The lowest BCUT2D eigenvalue weighted by molar-refractivity contribution is -0.121. The van der Waals surface area contributed by atoms with Crippen LogP contribution in [0.15, 0.2) is 22.7 Å². The Morgan fingerprint density at radius 1 is 1.18 bits per heavy atom. The number of fused-ring (bicyclic) bond motifs is 1. The summed E-state index contributed by atoms with van der Waals surface area (Å²) in [4.78, 5) is 37.5. The molecule has 0 aromatic heterocycles. The van der Waals surface area contributed by atoms with Gasteiger partial charge in [-0.2, -0.15) is 0 Å². The maximum absolute atomic E-state index is 12.3. The van der Waals surface area contributed by atoms with Crippen molar-refractivity contribution in [2.24, 2.45) is 0 Å². The summed E-state index contributed by atoms with van der Waals surface area (Å²) in [5, 5.41) is 2.90. The van der Waals surface area contributed by atoms with Crippen LogP contribution in [0.5, 0.6) is 0 Å². The molecule has 0 saturated heterocycles. The summed E-state index contributed by atoms with van der Waals surface area (Å²) in [6.07, 6.45) is 1.86. The van der Waals surface area contributed by atoms with Gasteiger partial charge in [0.1, 0.15) is 0 Å². The molecule has 0 fully saturated rings. The van der Waals surface area contributed by atoms with Crippen molar-refractivity contribution in [2.45, 2.75) is 39.2 Å². The topological polar surface area (TPSA) is 66.5 Å². The molecule has 6 heteroatoms. The highest BCUT2D eigenvalue weighted by Crippen LogP contribution is 2.26. The molecule has 0 unspecified atom stereocenters. The molecule has 0 aliphatic carbocycles. The van der Waals surface area contributed by atoms with E-state index in [0.717, 1.165) is 22.2 Å². The van der Waals surface area contributed by atoms with Crippen molar-refractivity contribution in [1.29, 1.82) is 0 Å². The second-order valence-electron chi connectivity index (χ2n) is 5.28. The van der Waals surface area contributed by atoms with Gasteiger partial charge in [-0.1, -0.05) is 29.8 Å². The van der Waals surface area contributed by atoms with Gasteiger partial charge >= 0.3 is 0 Å². The Hall–Kier alpha value is -1.69. The van der Waals surface area contributed by atoms with E-state index in [1.54, 1.807) is 18.2 Å². The average Bonchev–Trinajstić information content (AvgIpc) is 2.74. The van der Waals surface area contributed by atoms with E-state index in [2.05, 4.69) is 21.2 Å². The maximum atomic E-state index is 12.3. The molecule has 118 valence electrons. The number of benzene rings is 1. The summed E-state index contributed by atoms with van der Waals surface area (Å²) in [7, 11) is 0. The molecule has 3 amide bonds. The third-order valence-corrected chi connectivity index (χ3v) is 4.34. The van der Waals surface area contributed by atoms with Crippen LogP contribution in [0, 0.1) is 0 Å². The molecule has 2 rings (SSSR count). The molecular formula is C16H19BrN2O3. The number of nitrogens with one attached hydrogen (secondary N) is 1. The van der Waals surface area contributed by atoms with Gasteiger partial charge in [0.2, 0.25) is 5.91 Å². The SMILES string of the molecule is CCC(CC)NC(=O)CCN1C(=O)c2ccc(Br)cc2C1=O. The first-order chi connectivity index (χ1) is 10.5. The van der Waals surface area contributed by atoms with E-state index in [0.29, 0.717) is 11.1 Å². The molecule has 1 aromatic rings. The number of hydrogen-bond acceptors (Lipinski definition) is 3. The first-order valence-corrected chi connectivity index (χ1v) is 8.22. The highest BCUT2D eigenvalue weighted by molar-refractivity contribution is 9.10. The van der Waals surface area contributed by atoms with Gasteiger partial charge in [0, 0.05) is 23.5 Å². The van der Waals surface area contributed by atoms with Gasteiger partial charge in [-0.05, 0) is 31.0 Å². The molecule has 0 bridgehead atoms. The predicted molar refractivity (Wildman–Crippen MR) is 86.6 cm³/mol. The molecule has 1 heterocycles. The van der Waals surface area contributed by atoms with Crippen LogP contribution in [0.2, 0.25) is 0 Å². The number of rotatable bonds is 6. The Balaban J connectivity index is 1.99. The monoisotopic (exact) mass is 366 g/mol. The van der Waals surface area contributed by atoms with Crippen LogP contribution < -0.4 is 5.32 Å². The van der Waals surface area contributed by atoms with Crippen molar-refractivity contribution in [3.63, 3.8) is 0 Å². The number of hydrogen-bond donors (Lipinski definition) is 1. The van der Waals surface area contributed by atoms with Crippen molar-refractivity contribution in [1.82, 2.24) is 10.2 Å². The lowest BCUT2D eigenvalue weighted by atomic mass is 10.1. The fourth-order valence-corrected chi connectivity index (χ4v) is 2.83. The van der Waals surface area contributed by atoms with Gasteiger partial charge in [0.25, 0.3) is 11.8 Å². The highest BCUT2D eigenvalue weighted by Gasteiger charge is 2.35. The minimum Gasteiger partial charge on any atom is -0.353 e. The van der Waals surface area contributed by atoms with Crippen molar-refractivity contribution in [3.05, 3.63) is 33.8 Å². The molecule has 0 spiro atoms. The highest BCUT2D eigenvalue weighted by atomic mass is 79.9. The van der Waals surface area contributed by atoms with E-state index in [4.69, 9.17) is 0 Å². The van der Waals surface area contributed by atoms with Crippen LogP contribution in [0.25, 0.3) is 0 Å². The normalized spacial score (nSPS) is 13.7. The van der Waals surface area contributed by atoms with Crippen molar-refractivity contribution in [3.8, 4) is 0 Å². The Kier molecular flexibility index (Phi) is 5.34. The number of nitrogens with zero attached hydrogens (tertiary/aromatic N) is 1. The maximum Gasteiger partial charge on any atom is 0.261 e. The molecule has 0 saturated carbocycles. The van der Waals surface area contributed by atoms with Crippen molar-refractivity contribution in [2.75, 3.05) is 6.54 Å². The third kappa shape index (κ3) is 3.38. The van der Waals surface area contributed by atoms with Gasteiger partial charge in [-0.25, -0.2) is 0 Å². The zero-order valence-corrected chi connectivity index (χ0v) is 14.3. The largest absolute Gasteiger partial charge is 0.353 e. The Labute approximate surface area is 138 Å². The molecule has 5 nitrogen and oxygen atoms in total. The summed E-state index contributed by atoms with van der Waals surface area (Å²) >= 11 is 3.29. The number of carbonyl (C=O) groups excluding carboxylic acids is 3. The van der Waals surface area contributed by atoms with E-state index in [1.807, 2.05) is 13.8 Å².